The zero-order valence-electron chi connectivity index (χ0n) is 8.49. The van der Waals surface area contributed by atoms with E-state index in [4.69, 9.17) is 11.6 Å². The molecule has 3 heterocycles. The molecular weight excluding hydrogens is 210 g/mol. The Morgan fingerprint density at radius 2 is 2.40 bits per heavy atom. The lowest BCUT2D eigenvalue weighted by atomic mass is 9.83. The molecule has 0 unspecified atom stereocenters. The Morgan fingerprint density at radius 3 is 3.20 bits per heavy atom. The Bertz CT molecular complexity index is 369. The molecule has 2 saturated heterocycles. The van der Waals surface area contributed by atoms with E-state index in [1.54, 1.807) is 6.20 Å². The maximum Gasteiger partial charge on any atom is 0.0609 e. The highest BCUT2D eigenvalue weighted by molar-refractivity contribution is 6.30. The van der Waals surface area contributed by atoms with Crippen molar-refractivity contribution >= 4 is 17.3 Å². The topological polar surface area (TPSA) is 28.2 Å². The molecule has 0 aliphatic carbocycles. The van der Waals surface area contributed by atoms with Gasteiger partial charge in [-0.05, 0) is 19.0 Å². The molecule has 4 heteroatoms. The van der Waals surface area contributed by atoms with Crippen molar-refractivity contribution in [2.75, 3.05) is 24.5 Å². The minimum Gasteiger partial charge on any atom is -0.366 e. The summed E-state index contributed by atoms with van der Waals surface area (Å²) in [5.41, 5.74) is 1.17. The molecule has 15 heavy (non-hydrogen) atoms. The second-order valence-corrected chi connectivity index (χ2v) is 4.77. The van der Waals surface area contributed by atoms with E-state index in [-0.39, 0.29) is 0 Å². The molecule has 0 aromatic carbocycles. The number of nitrogens with zero attached hydrogens (tertiary/aromatic N) is 2. The SMILES string of the molecule is Clc1cncc(N2C[C@H]3CNCC[C@H]32)c1. The summed E-state index contributed by atoms with van der Waals surface area (Å²) in [6.45, 7) is 3.43. The van der Waals surface area contributed by atoms with Crippen molar-refractivity contribution in [2.24, 2.45) is 5.92 Å². The molecule has 80 valence electrons. The molecule has 2 aliphatic rings. The number of rotatable bonds is 1. The van der Waals surface area contributed by atoms with Gasteiger partial charge in [0.25, 0.3) is 0 Å². The molecule has 2 fully saturated rings. The van der Waals surface area contributed by atoms with E-state index >= 15 is 0 Å². The predicted molar refractivity (Wildman–Crippen MR) is 61.4 cm³/mol. The Labute approximate surface area is 94.4 Å². The van der Waals surface area contributed by atoms with Crippen LogP contribution in [-0.4, -0.2) is 30.7 Å². The van der Waals surface area contributed by atoms with Gasteiger partial charge in [0.15, 0.2) is 0 Å². The summed E-state index contributed by atoms with van der Waals surface area (Å²) >= 11 is 5.94. The third kappa shape index (κ3) is 1.60. The fourth-order valence-electron chi connectivity index (χ4n) is 2.61. The minimum absolute atomic E-state index is 0.700. The second kappa shape index (κ2) is 3.65. The number of anilines is 1. The van der Waals surface area contributed by atoms with Crippen LogP contribution in [0.25, 0.3) is 0 Å². The van der Waals surface area contributed by atoms with Crippen LogP contribution in [0.2, 0.25) is 5.02 Å². The zero-order chi connectivity index (χ0) is 10.3. The number of aromatic nitrogens is 1. The van der Waals surface area contributed by atoms with Crippen LogP contribution in [0.1, 0.15) is 6.42 Å². The Balaban J connectivity index is 1.79. The maximum atomic E-state index is 5.94. The van der Waals surface area contributed by atoms with Crippen molar-refractivity contribution in [3.8, 4) is 0 Å². The van der Waals surface area contributed by atoms with Crippen molar-refractivity contribution in [3.05, 3.63) is 23.5 Å². The van der Waals surface area contributed by atoms with Crippen molar-refractivity contribution in [1.82, 2.24) is 10.3 Å². The molecule has 1 N–H and O–H groups in total. The molecule has 2 atom stereocenters. The fourth-order valence-corrected chi connectivity index (χ4v) is 2.78. The minimum atomic E-state index is 0.700. The van der Waals surface area contributed by atoms with E-state index in [0.29, 0.717) is 6.04 Å². The number of hydrogen-bond donors (Lipinski definition) is 1. The van der Waals surface area contributed by atoms with Gasteiger partial charge in [-0.25, -0.2) is 0 Å². The third-order valence-electron chi connectivity index (χ3n) is 3.42. The standard InChI is InChI=1S/C11H14ClN3/c12-9-3-10(6-14-5-9)15-7-8-4-13-2-1-11(8)15/h3,5-6,8,11,13H,1-2,4,7H2/t8-,11-/m1/s1. The third-order valence-corrected chi connectivity index (χ3v) is 3.63. The van der Waals surface area contributed by atoms with Crippen LogP contribution in [-0.2, 0) is 0 Å². The first-order valence-electron chi connectivity index (χ1n) is 5.42. The smallest absolute Gasteiger partial charge is 0.0609 e. The molecule has 0 bridgehead atoms. The number of hydrogen-bond acceptors (Lipinski definition) is 3. The highest BCUT2D eigenvalue weighted by Gasteiger charge is 2.40. The van der Waals surface area contributed by atoms with Gasteiger partial charge in [0, 0.05) is 31.2 Å². The number of pyridine rings is 1. The largest absolute Gasteiger partial charge is 0.366 e. The van der Waals surface area contributed by atoms with Crippen molar-refractivity contribution in [3.63, 3.8) is 0 Å². The van der Waals surface area contributed by atoms with Crippen molar-refractivity contribution in [1.29, 1.82) is 0 Å². The first-order chi connectivity index (χ1) is 7.34. The summed E-state index contributed by atoms with van der Waals surface area (Å²) < 4.78 is 0. The molecule has 0 radical (unpaired) electrons. The Kier molecular flexibility index (Phi) is 2.29. The summed E-state index contributed by atoms with van der Waals surface area (Å²) in [5, 5.41) is 4.16. The van der Waals surface area contributed by atoms with Crippen molar-refractivity contribution in [2.45, 2.75) is 12.5 Å². The van der Waals surface area contributed by atoms with Gasteiger partial charge in [-0.2, -0.15) is 0 Å². The van der Waals surface area contributed by atoms with Gasteiger partial charge in [-0.3, -0.25) is 4.98 Å². The van der Waals surface area contributed by atoms with E-state index in [1.165, 1.54) is 12.1 Å². The monoisotopic (exact) mass is 223 g/mol. The first kappa shape index (κ1) is 9.43. The van der Waals surface area contributed by atoms with Crippen molar-refractivity contribution < 1.29 is 0 Å². The molecular formula is C11H14ClN3. The molecule has 0 saturated carbocycles. The summed E-state index contributed by atoms with van der Waals surface area (Å²) in [6.07, 6.45) is 4.83. The van der Waals surface area contributed by atoms with E-state index in [9.17, 15) is 0 Å². The van der Waals surface area contributed by atoms with E-state index < -0.39 is 0 Å². The average Bonchev–Trinajstić information content (AvgIpc) is 2.20. The summed E-state index contributed by atoms with van der Waals surface area (Å²) in [4.78, 5) is 6.56. The van der Waals surface area contributed by atoms with Gasteiger partial charge in [-0.1, -0.05) is 11.6 Å². The lowest BCUT2D eigenvalue weighted by Crippen LogP contribution is -2.63. The Hall–Kier alpha value is -0.800. The zero-order valence-corrected chi connectivity index (χ0v) is 9.24. The van der Waals surface area contributed by atoms with E-state index in [0.717, 1.165) is 30.6 Å². The number of fused-ring (bicyclic) bond motifs is 1. The normalized spacial score (nSPS) is 29.5. The molecule has 1 aromatic heterocycles. The molecule has 3 rings (SSSR count). The molecule has 0 amide bonds. The molecule has 3 nitrogen and oxygen atoms in total. The number of nitrogens with one attached hydrogen (secondary N) is 1. The van der Waals surface area contributed by atoms with E-state index in [1.807, 2.05) is 12.3 Å². The number of piperidine rings is 1. The van der Waals surface area contributed by atoms with Gasteiger partial charge in [0.1, 0.15) is 0 Å². The highest BCUT2D eigenvalue weighted by Crippen LogP contribution is 2.34. The van der Waals surface area contributed by atoms with Crippen LogP contribution in [0, 0.1) is 5.92 Å². The summed E-state index contributed by atoms with van der Waals surface area (Å²) in [5.74, 6) is 0.817. The molecule has 2 aliphatic heterocycles. The van der Waals surface area contributed by atoms with Crippen LogP contribution < -0.4 is 10.2 Å². The molecule has 0 spiro atoms. The number of halogens is 1. The van der Waals surface area contributed by atoms with Gasteiger partial charge >= 0.3 is 0 Å². The van der Waals surface area contributed by atoms with Gasteiger partial charge in [0.2, 0.25) is 0 Å². The predicted octanol–water partition coefficient (Wildman–Crippen LogP) is 1.53. The highest BCUT2D eigenvalue weighted by atomic mass is 35.5. The van der Waals surface area contributed by atoms with Gasteiger partial charge in [0.05, 0.1) is 16.9 Å². The van der Waals surface area contributed by atoms with Crippen LogP contribution in [0.3, 0.4) is 0 Å². The Morgan fingerprint density at radius 1 is 1.47 bits per heavy atom. The second-order valence-electron chi connectivity index (χ2n) is 4.33. The lowest BCUT2D eigenvalue weighted by Gasteiger charge is -2.52. The van der Waals surface area contributed by atoms with Crippen LogP contribution >= 0.6 is 11.6 Å². The van der Waals surface area contributed by atoms with Crippen LogP contribution in [0.5, 0.6) is 0 Å². The lowest BCUT2D eigenvalue weighted by molar-refractivity contribution is 0.230. The van der Waals surface area contributed by atoms with Crippen LogP contribution in [0.4, 0.5) is 5.69 Å². The average molecular weight is 224 g/mol. The summed E-state index contributed by atoms with van der Waals surface area (Å²) in [7, 11) is 0. The van der Waals surface area contributed by atoms with Crippen LogP contribution in [0.15, 0.2) is 18.5 Å². The van der Waals surface area contributed by atoms with Gasteiger partial charge in [-0.15, -0.1) is 0 Å². The van der Waals surface area contributed by atoms with Gasteiger partial charge < -0.3 is 10.2 Å². The first-order valence-corrected chi connectivity index (χ1v) is 5.80. The molecule has 1 aromatic rings. The van der Waals surface area contributed by atoms with E-state index in [2.05, 4.69) is 15.2 Å². The maximum absolute atomic E-state index is 5.94. The fraction of sp³-hybridized carbons (Fsp3) is 0.545. The summed E-state index contributed by atoms with van der Waals surface area (Å²) in [6, 6.07) is 2.71. The quantitative estimate of drug-likeness (QED) is 0.783.